The maximum Gasteiger partial charge on any atom is 0.236 e. The van der Waals surface area contributed by atoms with Crippen LogP contribution in [0.1, 0.15) is 20.3 Å². The zero-order chi connectivity index (χ0) is 12.3. The van der Waals surface area contributed by atoms with E-state index >= 15 is 0 Å². The maximum absolute atomic E-state index is 12.1. The summed E-state index contributed by atoms with van der Waals surface area (Å²) in [6.07, 6.45) is 1.29. The van der Waals surface area contributed by atoms with Crippen molar-refractivity contribution in [1.82, 2.24) is 9.80 Å². The van der Waals surface area contributed by atoms with Crippen molar-refractivity contribution >= 4 is 5.91 Å². The fourth-order valence-corrected chi connectivity index (χ4v) is 3.03. The van der Waals surface area contributed by atoms with Gasteiger partial charge in [0.15, 0.2) is 0 Å². The molecule has 2 saturated heterocycles. The quantitative estimate of drug-likeness (QED) is 0.716. The van der Waals surface area contributed by atoms with Crippen LogP contribution in [0.2, 0.25) is 0 Å². The van der Waals surface area contributed by atoms with E-state index in [1.165, 1.54) is 6.42 Å². The van der Waals surface area contributed by atoms with E-state index in [4.69, 9.17) is 4.74 Å². The summed E-state index contributed by atoms with van der Waals surface area (Å²) in [6, 6.07) is 0. The zero-order valence-electron chi connectivity index (χ0n) is 11.0. The van der Waals surface area contributed by atoms with Crippen LogP contribution in [-0.2, 0) is 9.53 Å². The van der Waals surface area contributed by atoms with Gasteiger partial charge in [-0.05, 0) is 18.3 Å². The second-order valence-corrected chi connectivity index (χ2v) is 5.63. The first-order chi connectivity index (χ1) is 8.15. The molecule has 0 bridgehead atoms. The normalized spacial score (nSPS) is 31.5. The van der Waals surface area contributed by atoms with Gasteiger partial charge in [-0.3, -0.25) is 9.69 Å². The van der Waals surface area contributed by atoms with Crippen molar-refractivity contribution < 1.29 is 9.53 Å². The van der Waals surface area contributed by atoms with Crippen LogP contribution in [0.5, 0.6) is 0 Å². The third-order valence-corrected chi connectivity index (χ3v) is 3.67. The van der Waals surface area contributed by atoms with Gasteiger partial charge in [0, 0.05) is 26.2 Å². The summed E-state index contributed by atoms with van der Waals surface area (Å²) < 4.78 is 5.27. The smallest absolute Gasteiger partial charge is 0.236 e. The Morgan fingerprint density at radius 1 is 1.18 bits per heavy atom. The topological polar surface area (TPSA) is 32.8 Å². The number of nitrogens with zero attached hydrogens (tertiary/aromatic N) is 2. The summed E-state index contributed by atoms with van der Waals surface area (Å²) in [6.45, 7) is 10.2. The standard InChI is InChI=1S/C13H24N2O2/c1-11-7-12(2)9-14(8-11)10-13(16)15-3-5-17-6-4-15/h11-12H,3-10H2,1-2H3/t11-,12-/m1/s1. The lowest BCUT2D eigenvalue weighted by atomic mass is 9.92. The number of rotatable bonds is 2. The van der Waals surface area contributed by atoms with Gasteiger partial charge in [0.25, 0.3) is 0 Å². The Bertz CT molecular complexity index is 254. The summed E-state index contributed by atoms with van der Waals surface area (Å²) in [5, 5.41) is 0. The van der Waals surface area contributed by atoms with Gasteiger partial charge < -0.3 is 9.64 Å². The van der Waals surface area contributed by atoms with Gasteiger partial charge in [0.05, 0.1) is 19.8 Å². The highest BCUT2D eigenvalue weighted by Crippen LogP contribution is 2.20. The highest BCUT2D eigenvalue weighted by Gasteiger charge is 2.25. The first-order valence-corrected chi connectivity index (χ1v) is 6.73. The SMILES string of the molecule is C[C@@H]1C[C@@H](C)CN(CC(=O)N2CCOCC2)C1. The average molecular weight is 240 g/mol. The van der Waals surface area contributed by atoms with E-state index in [1.54, 1.807) is 0 Å². The molecule has 0 N–H and O–H groups in total. The Morgan fingerprint density at radius 3 is 2.35 bits per heavy atom. The molecule has 0 aliphatic carbocycles. The molecule has 0 aromatic carbocycles. The van der Waals surface area contributed by atoms with E-state index in [0.29, 0.717) is 19.8 Å². The second-order valence-electron chi connectivity index (χ2n) is 5.63. The predicted molar refractivity (Wildman–Crippen MR) is 66.8 cm³/mol. The number of carbonyl (C=O) groups is 1. The van der Waals surface area contributed by atoms with E-state index in [-0.39, 0.29) is 5.91 Å². The largest absolute Gasteiger partial charge is 0.378 e. The fraction of sp³-hybridized carbons (Fsp3) is 0.923. The number of piperidine rings is 1. The third-order valence-electron chi connectivity index (χ3n) is 3.67. The molecular weight excluding hydrogens is 216 g/mol. The molecule has 0 aromatic rings. The van der Waals surface area contributed by atoms with Gasteiger partial charge in [-0.1, -0.05) is 13.8 Å². The number of amides is 1. The van der Waals surface area contributed by atoms with Crippen molar-refractivity contribution in [3.05, 3.63) is 0 Å². The number of hydrogen-bond acceptors (Lipinski definition) is 3. The molecule has 2 aliphatic rings. The molecule has 0 saturated carbocycles. The monoisotopic (exact) mass is 240 g/mol. The zero-order valence-corrected chi connectivity index (χ0v) is 11.0. The lowest BCUT2D eigenvalue weighted by molar-refractivity contribution is -0.137. The molecule has 2 aliphatic heterocycles. The summed E-state index contributed by atoms with van der Waals surface area (Å²) in [4.78, 5) is 16.4. The Kier molecular flexibility index (Phi) is 4.40. The van der Waals surface area contributed by atoms with Gasteiger partial charge in [0.2, 0.25) is 5.91 Å². The number of morpholine rings is 1. The van der Waals surface area contributed by atoms with E-state index in [2.05, 4.69) is 18.7 Å². The average Bonchev–Trinajstić information content (AvgIpc) is 2.28. The van der Waals surface area contributed by atoms with E-state index < -0.39 is 0 Å². The Labute approximate surface area is 104 Å². The Balaban J connectivity index is 1.80. The van der Waals surface area contributed by atoms with Gasteiger partial charge >= 0.3 is 0 Å². The summed E-state index contributed by atoms with van der Waals surface area (Å²) in [5.41, 5.74) is 0. The number of carbonyl (C=O) groups excluding carboxylic acids is 1. The van der Waals surface area contributed by atoms with Crippen molar-refractivity contribution in [2.24, 2.45) is 11.8 Å². The van der Waals surface area contributed by atoms with Crippen LogP contribution in [0, 0.1) is 11.8 Å². The van der Waals surface area contributed by atoms with Crippen LogP contribution < -0.4 is 0 Å². The van der Waals surface area contributed by atoms with Crippen molar-refractivity contribution in [2.75, 3.05) is 45.9 Å². The van der Waals surface area contributed by atoms with Crippen LogP contribution in [0.25, 0.3) is 0 Å². The Morgan fingerprint density at radius 2 is 1.76 bits per heavy atom. The molecule has 2 rings (SSSR count). The van der Waals surface area contributed by atoms with Crippen molar-refractivity contribution in [3.63, 3.8) is 0 Å². The van der Waals surface area contributed by atoms with Crippen LogP contribution in [0.4, 0.5) is 0 Å². The highest BCUT2D eigenvalue weighted by molar-refractivity contribution is 5.78. The first kappa shape index (κ1) is 12.8. The van der Waals surface area contributed by atoms with Crippen LogP contribution in [-0.4, -0.2) is 61.6 Å². The molecular formula is C13H24N2O2. The summed E-state index contributed by atoms with van der Waals surface area (Å²) >= 11 is 0. The molecule has 0 unspecified atom stereocenters. The molecule has 0 spiro atoms. The molecule has 2 atom stereocenters. The molecule has 0 radical (unpaired) electrons. The van der Waals surface area contributed by atoms with Crippen molar-refractivity contribution in [2.45, 2.75) is 20.3 Å². The van der Waals surface area contributed by atoms with Gasteiger partial charge in [-0.15, -0.1) is 0 Å². The minimum Gasteiger partial charge on any atom is -0.378 e. The molecule has 4 heteroatoms. The molecule has 98 valence electrons. The fourth-order valence-electron chi connectivity index (χ4n) is 3.03. The van der Waals surface area contributed by atoms with Gasteiger partial charge in [0.1, 0.15) is 0 Å². The van der Waals surface area contributed by atoms with Crippen LogP contribution in [0.3, 0.4) is 0 Å². The predicted octanol–water partition coefficient (Wildman–Crippen LogP) is 0.823. The number of ether oxygens (including phenoxy) is 1. The molecule has 2 fully saturated rings. The van der Waals surface area contributed by atoms with Crippen LogP contribution >= 0.6 is 0 Å². The maximum atomic E-state index is 12.1. The van der Waals surface area contributed by atoms with Crippen LogP contribution in [0.15, 0.2) is 0 Å². The summed E-state index contributed by atoms with van der Waals surface area (Å²) in [5.74, 6) is 1.71. The van der Waals surface area contributed by atoms with E-state index in [1.807, 2.05) is 4.90 Å². The minimum absolute atomic E-state index is 0.273. The highest BCUT2D eigenvalue weighted by atomic mass is 16.5. The molecule has 4 nitrogen and oxygen atoms in total. The van der Waals surface area contributed by atoms with Crippen molar-refractivity contribution in [1.29, 1.82) is 0 Å². The van der Waals surface area contributed by atoms with E-state index in [0.717, 1.165) is 38.0 Å². The first-order valence-electron chi connectivity index (χ1n) is 6.73. The lowest BCUT2D eigenvalue weighted by Crippen LogP contribution is -2.48. The Hall–Kier alpha value is -0.610. The number of hydrogen-bond donors (Lipinski definition) is 0. The third kappa shape index (κ3) is 3.68. The minimum atomic E-state index is 0.273. The molecule has 1 amide bonds. The number of likely N-dealkylation sites (tertiary alicyclic amines) is 1. The van der Waals surface area contributed by atoms with Gasteiger partial charge in [-0.2, -0.15) is 0 Å². The van der Waals surface area contributed by atoms with Crippen molar-refractivity contribution in [3.8, 4) is 0 Å². The van der Waals surface area contributed by atoms with Gasteiger partial charge in [-0.25, -0.2) is 0 Å². The van der Waals surface area contributed by atoms with E-state index in [9.17, 15) is 4.79 Å². The summed E-state index contributed by atoms with van der Waals surface area (Å²) in [7, 11) is 0. The second kappa shape index (κ2) is 5.83. The molecule has 17 heavy (non-hydrogen) atoms. The molecule has 2 heterocycles. The lowest BCUT2D eigenvalue weighted by Gasteiger charge is -2.36. The molecule has 0 aromatic heterocycles.